The lowest BCUT2D eigenvalue weighted by molar-refractivity contribution is -0.275. The number of benzene rings is 1. The fraction of sp³-hybridized carbons (Fsp3) is 0.370. The molecule has 14 heteroatoms. The Morgan fingerprint density at radius 3 is 2.68 bits per heavy atom. The van der Waals surface area contributed by atoms with E-state index >= 15 is 0 Å². The molecule has 0 bridgehead atoms. The third-order valence-corrected chi connectivity index (χ3v) is 7.86. The third kappa shape index (κ3) is 5.08. The highest BCUT2D eigenvalue weighted by Crippen LogP contribution is 2.45. The molecule has 0 atom stereocenters. The molecule has 1 saturated heterocycles. The molecule has 2 fully saturated rings. The monoisotopic (exact) mass is 568 g/mol. The smallest absolute Gasteiger partial charge is 0.403 e. The molecule has 4 heterocycles. The zero-order chi connectivity index (χ0) is 28.8. The number of piperazine rings is 1. The van der Waals surface area contributed by atoms with Crippen molar-refractivity contribution in [2.45, 2.75) is 37.2 Å². The first-order valence-corrected chi connectivity index (χ1v) is 12.9. The fourth-order valence-electron chi connectivity index (χ4n) is 5.75. The number of nitrogens with zero attached hydrogens (tertiary/aromatic N) is 7. The van der Waals surface area contributed by atoms with E-state index in [1.807, 2.05) is 16.9 Å². The van der Waals surface area contributed by atoms with Gasteiger partial charge in [-0.3, -0.25) is 14.4 Å². The minimum Gasteiger partial charge on any atom is -0.403 e. The quantitative estimate of drug-likeness (QED) is 0.349. The van der Waals surface area contributed by atoms with Crippen molar-refractivity contribution >= 4 is 16.9 Å². The molecule has 0 spiro atoms. The number of rotatable bonds is 6. The standard InChI is InChI=1S/C27H24F4N8O2/c28-21-2-1-17(11-22(21)41-27(29,30)31)25(40)38-9-7-37(8-10-38)19-12-26(13-19,4-5-32)39-15-18(14-36-39)23-20-3-6-33-24(20)35-16-34-23/h1-3,6,11,14-16,19H,4,7-10,12-13H2,(H,33,34,35)/t19-,26+. The number of carbonyl (C=O) groups excluding carboxylic acids is 1. The van der Waals surface area contributed by atoms with Gasteiger partial charge in [0.15, 0.2) is 11.6 Å². The van der Waals surface area contributed by atoms with Gasteiger partial charge in [0.05, 0.1) is 29.9 Å². The Kier molecular flexibility index (Phi) is 6.61. The van der Waals surface area contributed by atoms with E-state index in [2.05, 4.69) is 35.8 Å². The second kappa shape index (κ2) is 10.2. The number of aromatic amines is 1. The first-order valence-electron chi connectivity index (χ1n) is 12.9. The third-order valence-electron chi connectivity index (χ3n) is 7.86. The normalized spacial score (nSPS) is 21.4. The first-order chi connectivity index (χ1) is 19.7. The van der Waals surface area contributed by atoms with Gasteiger partial charge in [-0.05, 0) is 37.1 Å². The van der Waals surface area contributed by atoms with Crippen LogP contribution in [0.3, 0.4) is 0 Å². The van der Waals surface area contributed by atoms with E-state index in [-0.39, 0.29) is 11.6 Å². The van der Waals surface area contributed by atoms with Crippen LogP contribution in [0.2, 0.25) is 0 Å². The maximum absolute atomic E-state index is 13.8. The molecular weight excluding hydrogens is 544 g/mol. The molecule has 10 nitrogen and oxygen atoms in total. The van der Waals surface area contributed by atoms with Crippen LogP contribution in [0.5, 0.6) is 5.75 Å². The molecule has 2 aliphatic rings. The molecule has 212 valence electrons. The molecule has 0 radical (unpaired) electrons. The molecule has 0 unspecified atom stereocenters. The second-order valence-corrected chi connectivity index (χ2v) is 10.3. The van der Waals surface area contributed by atoms with E-state index in [9.17, 15) is 27.6 Å². The van der Waals surface area contributed by atoms with Gasteiger partial charge in [-0.15, -0.1) is 13.2 Å². The van der Waals surface area contributed by atoms with Crippen molar-refractivity contribution in [1.82, 2.24) is 34.5 Å². The summed E-state index contributed by atoms with van der Waals surface area (Å²) in [6.07, 6.45) is 3.58. The predicted molar refractivity (Wildman–Crippen MR) is 137 cm³/mol. The van der Waals surface area contributed by atoms with Gasteiger partial charge in [0.25, 0.3) is 5.91 Å². The number of nitriles is 1. The summed E-state index contributed by atoms with van der Waals surface area (Å²) in [5.41, 5.74) is 1.77. The van der Waals surface area contributed by atoms with E-state index < -0.39 is 29.4 Å². The van der Waals surface area contributed by atoms with Crippen LogP contribution in [0, 0.1) is 17.1 Å². The van der Waals surface area contributed by atoms with E-state index in [4.69, 9.17) is 0 Å². The van der Waals surface area contributed by atoms with Crippen molar-refractivity contribution in [1.29, 1.82) is 5.26 Å². The number of alkyl halides is 3. The van der Waals surface area contributed by atoms with Gasteiger partial charge in [-0.2, -0.15) is 10.4 Å². The summed E-state index contributed by atoms with van der Waals surface area (Å²) in [4.78, 5) is 28.4. The predicted octanol–water partition coefficient (Wildman–Crippen LogP) is 4.09. The summed E-state index contributed by atoms with van der Waals surface area (Å²) >= 11 is 0. The molecular formula is C27H24F4N8O2. The molecule has 1 aliphatic carbocycles. The van der Waals surface area contributed by atoms with Gasteiger partial charge in [0.2, 0.25) is 0 Å². The lowest BCUT2D eigenvalue weighted by atomic mass is 9.70. The number of hydrogen-bond acceptors (Lipinski definition) is 7. The number of fused-ring (bicyclic) bond motifs is 1. The zero-order valence-corrected chi connectivity index (χ0v) is 21.6. The Labute approximate surface area is 231 Å². The number of aromatic nitrogens is 5. The van der Waals surface area contributed by atoms with Crippen LogP contribution >= 0.6 is 0 Å². The molecule has 1 aliphatic heterocycles. The largest absolute Gasteiger partial charge is 0.573 e. The van der Waals surface area contributed by atoms with Gasteiger partial charge in [-0.1, -0.05) is 0 Å². The average molecular weight is 569 g/mol. The molecule has 41 heavy (non-hydrogen) atoms. The lowest BCUT2D eigenvalue weighted by Gasteiger charge is -2.52. The van der Waals surface area contributed by atoms with E-state index in [0.717, 1.165) is 40.5 Å². The minimum absolute atomic E-state index is 0.0779. The SMILES string of the molecule is N#CC[C@]1(n2cc(-c3ncnc4[nH]ccc34)cn2)C[C@@H](N2CCN(C(=O)c3ccc(F)c(OC(F)(F)F)c3)CC2)C1. The van der Waals surface area contributed by atoms with Crippen molar-refractivity contribution in [2.24, 2.45) is 0 Å². The van der Waals surface area contributed by atoms with Crippen LogP contribution < -0.4 is 4.74 Å². The summed E-state index contributed by atoms with van der Waals surface area (Å²) in [6.45, 7) is 1.84. The minimum atomic E-state index is -5.07. The van der Waals surface area contributed by atoms with Crippen molar-refractivity contribution in [3.05, 3.63) is 60.6 Å². The number of carbonyl (C=O) groups is 1. The average Bonchev–Trinajstić information content (AvgIpc) is 3.61. The Morgan fingerprint density at radius 1 is 1.17 bits per heavy atom. The molecule has 6 rings (SSSR count). The zero-order valence-electron chi connectivity index (χ0n) is 21.6. The maximum Gasteiger partial charge on any atom is 0.573 e. The van der Waals surface area contributed by atoms with Crippen LogP contribution in [0.15, 0.2) is 49.2 Å². The molecule has 4 aromatic rings. The van der Waals surface area contributed by atoms with Crippen molar-refractivity contribution in [2.75, 3.05) is 26.2 Å². The summed E-state index contributed by atoms with van der Waals surface area (Å²) in [5, 5.41) is 15.1. The number of hydrogen-bond donors (Lipinski definition) is 1. The van der Waals surface area contributed by atoms with Crippen molar-refractivity contribution in [3.63, 3.8) is 0 Å². The van der Waals surface area contributed by atoms with E-state index in [1.54, 1.807) is 12.4 Å². The van der Waals surface area contributed by atoms with Crippen LogP contribution in [-0.4, -0.2) is 79.0 Å². The highest BCUT2D eigenvalue weighted by atomic mass is 19.4. The van der Waals surface area contributed by atoms with Crippen LogP contribution in [0.25, 0.3) is 22.3 Å². The molecule has 1 saturated carbocycles. The van der Waals surface area contributed by atoms with E-state index in [0.29, 0.717) is 45.4 Å². The highest BCUT2D eigenvalue weighted by molar-refractivity contribution is 5.94. The summed E-state index contributed by atoms with van der Waals surface area (Å²) < 4.78 is 57.1. The Hall–Kier alpha value is -4.51. The molecule has 1 aromatic carbocycles. The van der Waals surface area contributed by atoms with Crippen molar-refractivity contribution in [3.8, 4) is 23.1 Å². The number of H-pyrrole nitrogens is 1. The van der Waals surface area contributed by atoms with Crippen molar-refractivity contribution < 1.29 is 27.1 Å². The summed E-state index contributed by atoms with van der Waals surface area (Å²) in [6, 6.07) is 7.11. The van der Waals surface area contributed by atoms with Gasteiger partial charge >= 0.3 is 6.36 Å². The van der Waals surface area contributed by atoms with Crippen LogP contribution in [-0.2, 0) is 5.54 Å². The van der Waals surface area contributed by atoms with Gasteiger partial charge < -0.3 is 14.6 Å². The maximum atomic E-state index is 13.8. The molecule has 3 aromatic heterocycles. The Morgan fingerprint density at radius 2 is 1.95 bits per heavy atom. The number of nitrogens with one attached hydrogen (secondary N) is 1. The van der Waals surface area contributed by atoms with Gasteiger partial charge in [0.1, 0.15) is 12.0 Å². The number of ether oxygens (including phenoxy) is 1. The number of halogens is 4. The fourth-order valence-corrected chi connectivity index (χ4v) is 5.75. The highest BCUT2D eigenvalue weighted by Gasteiger charge is 2.49. The molecule has 1 N–H and O–H groups in total. The lowest BCUT2D eigenvalue weighted by Crippen LogP contribution is -2.60. The van der Waals surface area contributed by atoms with Gasteiger partial charge in [0, 0.05) is 61.1 Å². The van der Waals surface area contributed by atoms with Crippen LogP contribution in [0.1, 0.15) is 29.6 Å². The summed E-state index contributed by atoms with van der Waals surface area (Å²) in [5.74, 6) is -2.73. The number of amides is 1. The van der Waals surface area contributed by atoms with Crippen LogP contribution in [0.4, 0.5) is 17.6 Å². The van der Waals surface area contributed by atoms with Gasteiger partial charge in [-0.25, -0.2) is 14.4 Å². The Balaban J connectivity index is 1.10. The second-order valence-electron chi connectivity index (χ2n) is 10.3. The molecule has 1 amide bonds. The summed E-state index contributed by atoms with van der Waals surface area (Å²) in [7, 11) is 0. The topological polar surface area (TPSA) is 116 Å². The first kappa shape index (κ1) is 26.7. The van der Waals surface area contributed by atoms with E-state index in [1.165, 1.54) is 11.2 Å². The Bertz CT molecular complexity index is 1630.